The summed E-state index contributed by atoms with van der Waals surface area (Å²) >= 11 is 0. The van der Waals surface area contributed by atoms with Crippen molar-refractivity contribution >= 4 is 30.7 Å². The van der Waals surface area contributed by atoms with E-state index in [1.54, 1.807) is 23.2 Å². The minimum Gasteiger partial charge on any atom is -0.338 e. The van der Waals surface area contributed by atoms with Crippen LogP contribution in [0.5, 0.6) is 0 Å². The van der Waals surface area contributed by atoms with Crippen molar-refractivity contribution in [3.8, 4) is 11.4 Å². The molecule has 0 aromatic carbocycles. The molecule has 1 amide bonds. The standard InChI is InChI=1S/C19H24N4O2.2ClH/c1-20-11-7-14-8-12-23(13-9-14)19(25)15-5-6-17(22-18(15)24)16-4-2-3-10-21-16;;/h2-6,10,14,20H,7-9,11-13H2,1H3,(H,22,24);2*1H. The fourth-order valence-electron chi connectivity index (χ4n) is 3.26. The maximum absolute atomic E-state index is 12.7. The van der Waals surface area contributed by atoms with Crippen LogP contribution in [0, 0.1) is 5.92 Å². The Balaban J connectivity index is 0.00000182. The van der Waals surface area contributed by atoms with Crippen LogP contribution < -0.4 is 10.9 Å². The molecule has 0 atom stereocenters. The number of halogens is 2. The van der Waals surface area contributed by atoms with Crippen molar-refractivity contribution in [2.75, 3.05) is 26.7 Å². The van der Waals surface area contributed by atoms with Crippen molar-refractivity contribution in [3.63, 3.8) is 0 Å². The van der Waals surface area contributed by atoms with Gasteiger partial charge in [0, 0.05) is 19.3 Å². The molecule has 3 rings (SSSR count). The van der Waals surface area contributed by atoms with Gasteiger partial charge in [0.05, 0.1) is 11.4 Å². The number of hydrogen-bond acceptors (Lipinski definition) is 4. The Bertz CT molecular complexity index is 775. The molecule has 8 heteroatoms. The Labute approximate surface area is 171 Å². The number of aromatic amines is 1. The lowest BCUT2D eigenvalue weighted by atomic mass is 9.93. The van der Waals surface area contributed by atoms with Gasteiger partial charge in [-0.3, -0.25) is 14.6 Å². The van der Waals surface area contributed by atoms with E-state index in [0.717, 1.165) is 25.8 Å². The number of piperidine rings is 1. The summed E-state index contributed by atoms with van der Waals surface area (Å²) in [6.45, 7) is 2.44. The molecule has 0 unspecified atom stereocenters. The smallest absolute Gasteiger partial charge is 0.261 e. The molecule has 148 valence electrons. The van der Waals surface area contributed by atoms with Crippen molar-refractivity contribution in [2.24, 2.45) is 5.92 Å². The molecule has 2 aromatic rings. The van der Waals surface area contributed by atoms with Crippen LogP contribution in [-0.2, 0) is 0 Å². The van der Waals surface area contributed by atoms with Crippen LogP contribution in [0.2, 0.25) is 0 Å². The van der Waals surface area contributed by atoms with Crippen LogP contribution in [0.1, 0.15) is 29.6 Å². The van der Waals surface area contributed by atoms with Gasteiger partial charge < -0.3 is 15.2 Å². The second-order valence-electron chi connectivity index (χ2n) is 6.46. The Morgan fingerprint density at radius 2 is 1.96 bits per heavy atom. The summed E-state index contributed by atoms with van der Waals surface area (Å²) in [6, 6.07) is 8.86. The van der Waals surface area contributed by atoms with Crippen LogP contribution >= 0.6 is 24.8 Å². The van der Waals surface area contributed by atoms with E-state index < -0.39 is 0 Å². The lowest BCUT2D eigenvalue weighted by molar-refractivity contribution is 0.0685. The van der Waals surface area contributed by atoms with E-state index in [1.165, 1.54) is 0 Å². The van der Waals surface area contributed by atoms with E-state index in [2.05, 4.69) is 15.3 Å². The minimum atomic E-state index is -0.356. The second kappa shape index (κ2) is 11.1. The van der Waals surface area contributed by atoms with Gasteiger partial charge in [-0.15, -0.1) is 24.8 Å². The van der Waals surface area contributed by atoms with Gasteiger partial charge in [-0.1, -0.05) is 6.07 Å². The summed E-state index contributed by atoms with van der Waals surface area (Å²) < 4.78 is 0. The largest absolute Gasteiger partial charge is 0.338 e. The quantitative estimate of drug-likeness (QED) is 0.790. The van der Waals surface area contributed by atoms with Crippen LogP contribution in [0.15, 0.2) is 41.3 Å². The number of nitrogens with zero attached hydrogens (tertiary/aromatic N) is 2. The normalized spacial score (nSPS) is 14.2. The predicted molar refractivity (Wildman–Crippen MR) is 112 cm³/mol. The zero-order valence-corrected chi connectivity index (χ0v) is 16.9. The van der Waals surface area contributed by atoms with E-state index in [9.17, 15) is 9.59 Å². The van der Waals surface area contributed by atoms with Crippen molar-refractivity contribution in [3.05, 3.63) is 52.4 Å². The third-order valence-corrected chi connectivity index (χ3v) is 4.79. The zero-order valence-electron chi connectivity index (χ0n) is 15.3. The lowest BCUT2D eigenvalue weighted by Crippen LogP contribution is -2.41. The van der Waals surface area contributed by atoms with E-state index >= 15 is 0 Å². The summed E-state index contributed by atoms with van der Waals surface area (Å²) in [5.41, 5.74) is 1.15. The summed E-state index contributed by atoms with van der Waals surface area (Å²) in [5, 5.41) is 3.17. The van der Waals surface area contributed by atoms with Gasteiger partial charge in [-0.05, 0) is 63.0 Å². The van der Waals surface area contributed by atoms with E-state index in [4.69, 9.17) is 0 Å². The number of nitrogens with one attached hydrogen (secondary N) is 2. The van der Waals surface area contributed by atoms with Gasteiger partial charge >= 0.3 is 0 Å². The Kier molecular flexibility index (Phi) is 9.49. The number of H-pyrrole nitrogens is 1. The molecule has 0 bridgehead atoms. The van der Waals surface area contributed by atoms with E-state index in [1.807, 2.05) is 25.2 Å². The average molecular weight is 413 g/mol. The molecule has 0 spiro atoms. The molecule has 0 radical (unpaired) electrons. The number of aromatic nitrogens is 2. The maximum atomic E-state index is 12.7. The number of amides is 1. The number of likely N-dealkylation sites (tertiary alicyclic amines) is 1. The summed E-state index contributed by atoms with van der Waals surface area (Å²) in [6.07, 6.45) is 4.80. The van der Waals surface area contributed by atoms with Crippen LogP contribution in [0.4, 0.5) is 0 Å². The molecular formula is C19H26Cl2N4O2. The summed E-state index contributed by atoms with van der Waals surface area (Å²) in [4.78, 5) is 33.8. The first-order valence-electron chi connectivity index (χ1n) is 8.77. The highest BCUT2D eigenvalue weighted by molar-refractivity contribution is 5.94. The highest BCUT2D eigenvalue weighted by atomic mass is 35.5. The Morgan fingerprint density at radius 1 is 1.22 bits per heavy atom. The van der Waals surface area contributed by atoms with Gasteiger partial charge in [-0.25, -0.2) is 0 Å². The molecule has 0 aliphatic carbocycles. The number of rotatable bonds is 5. The molecule has 27 heavy (non-hydrogen) atoms. The molecule has 2 aromatic heterocycles. The van der Waals surface area contributed by atoms with Crippen LogP contribution in [-0.4, -0.2) is 47.5 Å². The van der Waals surface area contributed by atoms with Gasteiger partial charge in [0.1, 0.15) is 5.56 Å². The van der Waals surface area contributed by atoms with Crippen LogP contribution in [0.3, 0.4) is 0 Å². The minimum absolute atomic E-state index is 0. The SMILES string of the molecule is CNCCC1CCN(C(=O)c2ccc(-c3ccccn3)[nH]c2=O)CC1.Cl.Cl. The third kappa shape index (κ3) is 5.79. The third-order valence-electron chi connectivity index (χ3n) is 4.79. The summed E-state index contributed by atoms with van der Waals surface area (Å²) in [5.74, 6) is 0.474. The van der Waals surface area contributed by atoms with Gasteiger partial charge in [0.25, 0.3) is 11.5 Å². The molecule has 3 heterocycles. The van der Waals surface area contributed by atoms with E-state index in [-0.39, 0.29) is 41.8 Å². The molecule has 2 N–H and O–H groups in total. The lowest BCUT2D eigenvalue weighted by Gasteiger charge is -2.32. The maximum Gasteiger partial charge on any atom is 0.261 e. The van der Waals surface area contributed by atoms with Gasteiger partial charge in [0.15, 0.2) is 0 Å². The fraction of sp³-hybridized carbons (Fsp3) is 0.421. The highest BCUT2D eigenvalue weighted by Gasteiger charge is 2.25. The number of pyridine rings is 2. The number of hydrogen-bond donors (Lipinski definition) is 2. The highest BCUT2D eigenvalue weighted by Crippen LogP contribution is 2.21. The molecule has 1 saturated heterocycles. The van der Waals surface area contributed by atoms with Crippen molar-refractivity contribution in [1.82, 2.24) is 20.2 Å². The molecule has 1 aliphatic heterocycles. The van der Waals surface area contributed by atoms with E-state index in [0.29, 0.717) is 30.4 Å². The zero-order chi connectivity index (χ0) is 17.6. The molecular weight excluding hydrogens is 387 g/mol. The van der Waals surface area contributed by atoms with Crippen molar-refractivity contribution in [2.45, 2.75) is 19.3 Å². The molecule has 6 nitrogen and oxygen atoms in total. The van der Waals surface area contributed by atoms with Crippen molar-refractivity contribution < 1.29 is 4.79 Å². The monoisotopic (exact) mass is 412 g/mol. The predicted octanol–water partition coefficient (Wildman–Crippen LogP) is 2.74. The molecule has 1 fully saturated rings. The Morgan fingerprint density at radius 3 is 2.56 bits per heavy atom. The summed E-state index contributed by atoms with van der Waals surface area (Å²) in [7, 11) is 1.96. The number of carbonyl (C=O) groups excluding carboxylic acids is 1. The topological polar surface area (TPSA) is 78.1 Å². The first-order valence-corrected chi connectivity index (χ1v) is 8.77. The van der Waals surface area contributed by atoms with Crippen LogP contribution in [0.25, 0.3) is 11.4 Å². The molecule has 1 aliphatic rings. The average Bonchev–Trinajstić information content (AvgIpc) is 2.67. The number of carbonyl (C=O) groups is 1. The first kappa shape index (κ1) is 23.1. The molecule has 0 saturated carbocycles. The fourth-order valence-corrected chi connectivity index (χ4v) is 3.26. The Hall–Kier alpha value is -1.89. The first-order chi connectivity index (χ1) is 12.2. The second-order valence-corrected chi connectivity index (χ2v) is 6.46. The van der Waals surface area contributed by atoms with Crippen molar-refractivity contribution in [1.29, 1.82) is 0 Å². The van der Waals surface area contributed by atoms with Gasteiger partial charge in [0.2, 0.25) is 0 Å². The van der Waals surface area contributed by atoms with Gasteiger partial charge in [-0.2, -0.15) is 0 Å².